The number of halogens is 1. The van der Waals surface area contributed by atoms with Gasteiger partial charge in [0.2, 0.25) is 5.91 Å². The number of nitrogens with one attached hydrogen (secondary N) is 2. The van der Waals surface area contributed by atoms with E-state index in [9.17, 15) is 4.79 Å². The maximum absolute atomic E-state index is 11.9. The highest BCUT2D eigenvalue weighted by Crippen LogP contribution is 2.11. The van der Waals surface area contributed by atoms with Crippen LogP contribution >= 0.6 is 24.0 Å². The van der Waals surface area contributed by atoms with E-state index in [1.807, 2.05) is 18.2 Å². The Morgan fingerprint density at radius 1 is 1.07 bits per heavy atom. The van der Waals surface area contributed by atoms with Gasteiger partial charge in [-0.2, -0.15) is 0 Å². The number of carbonyl (C=O) groups excluding carboxylic acids is 1. The lowest BCUT2D eigenvalue weighted by Gasteiger charge is -2.19. The van der Waals surface area contributed by atoms with Gasteiger partial charge in [0.05, 0.1) is 19.1 Å². The highest BCUT2D eigenvalue weighted by molar-refractivity contribution is 14.0. The highest BCUT2D eigenvalue weighted by Gasteiger charge is 2.10. The number of aryl methyl sites for hydroxylation is 1. The number of guanidine groups is 1. The van der Waals surface area contributed by atoms with Crippen LogP contribution in [0.2, 0.25) is 0 Å². The fraction of sp³-hybridized carbons (Fsp3) is 0.333. The molecule has 1 amide bonds. The molecule has 2 N–H and O–H groups in total. The summed E-state index contributed by atoms with van der Waals surface area (Å²) < 4.78 is 0. The van der Waals surface area contributed by atoms with Crippen LogP contribution in [0.4, 0.5) is 0 Å². The highest BCUT2D eigenvalue weighted by atomic mass is 127. The lowest BCUT2D eigenvalue weighted by molar-refractivity contribution is -0.127. The van der Waals surface area contributed by atoms with Gasteiger partial charge in [-0.05, 0) is 25.0 Å². The van der Waals surface area contributed by atoms with E-state index in [1.54, 1.807) is 19.0 Å². The SMILES string of the molecule is Cc1ccc(CN=C(NCC(=O)N(C)C)NC(C)c2ccccc2)cc1.I. The molecule has 0 radical (unpaired) electrons. The number of hydrogen-bond donors (Lipinski definition) is 2. The molecule has 27 heavy (non-hydrogen) atoms. The van der Waals surface area contributed by atoms with Gasteiger partial charge in [0.15, 0.2) is 5.96 Å². The van der Waals surface area contributed by atoms with Crippen LogP contribution in [0.1, 0.15) is 29.7 Å². The topological polar surface area (TPSA) is 56.7 Å². The van der Waals surface area contributed by atoms with Crippen molar-refractivity contribution >= 4 is 35.8 Å². The molecule has 0 aliphatic heterocycles. The average Bonchev–Trinajstić information content (AvgIpc) is 2.65. The maximum atomic E-state index is 11.9. The van der Waals surface area contributed by atoms with Crippen molar-refractivity contribution in [1.82, 2.24) is 15.5 Å². The Morgan fingerprint density at radius 3 is 2.30 bits per heavy atom. The van der Waals surface area contributed by atoms with E-state index >= 15 is 0 Å². The monoisotopic (exact) mass is 480 g/mol. The predicted octanol–water partition coefficient (Wildman–Crippen LogP) is 3.50. The van der Waals surface area contributed by atoms with Gasteiger partial charge in [-0.15, -0.1) is 24.0 Å². The first-order chi connectivity index (χ1) is 12.5. The number of aliphatic imine (C=N–C) groups is 1. The summed E-state index contributed by atoms with van der Waals surface area (Å²) in [6.07, 6.45) is 0. The second kappa shape index (κ2) is 11.6. The first-order valence-corrected chi connectivity index (χ1v) is 8.81. The Balaban J connectivity index is 0.00000364. The van der Waals surface area contributed by atoms with Gasteiger partial charge in [0, 0.05) is 14.1 Å². The third-order valence-corrected chi connectivity index (χ3v) is 4.10. The van der Waals surface area contributed by atoms with Crippen molar-refractivity contribution in [3.63, 3.8) is 0 Å². The Kier molecular flexibility index (Phi) is 9.85. The zero-order valence-corrected chi connectivity index (χ0v) is 18.7. The summed E-state index contributed by atoms with van der Waals surface area (Å²) in [6.45, 7) is 4.89. The maximum Gasteiger partial charge on any atom is 0.241 e. The van der Waals surface area contributed by atoms with Crippen molar-refractivity contribution in [2.75, 3.05) is 20.6 Å². The largest absolute Gasteiger partial charge is 0.350 e. The lowest BCUT2D eigenvalue weighted by atomic mass is 10.1. The van der Waals surface area contributed by atoms with Crippen LogP contribution in [0.5, 0.6) is 0 Å². The summed E-state index contributed by atoms with van der Waals surface area (Å²) >= 11 is 0. The molecule has 0 aliphatic rings. The van der Waals surface area contributed by atoms with Crippen molar-refractivity contribution in [2.45, 2.75) is 26.4 Å². The molecule has 146 valence electrons. The van der Waals surface area contributed by atoms with Crippen molar-refractivity contribution < 1.29 is 4.79 Å². The zero-order chi connectivity index (χ0) is 18.9. The van der Waals surface area contributed by atoms with Crippen LogP contribution in [-0.2, 0) is 11.3 Å². The minimum atomic E-state index is 0. The molecule has 0 aromatic heterocycles. The second-order valence-corrected chi connectivity index (χ2v) is 6.57. The van der Waals surface area contributed by atoms with E-state index < -0.39 is 0 Å². The fourth-order valence-corrected chi connectivity index (χ4v) is 2.36. The van der Waals surface area contributed by atoms with Crippen LogP contribution in [-0.4, -0.2) is 37.4 Å². The number of hydrogen-bond acceptors (Lipinski definition) is 2. The van der Waals surface area contributed by atoms with Gasteiger partial charge >= 0.3 is 0 Å². The Morgan fingerprint density at radius 2 is 1.70 bits per heavy atom. The molecule has 1 atom stereocenters. The average molecular weight is 480 g/mol. The van der Waals surface area contributed by atoms with Gasteiger partial charge in [-0.3, -0.25) is 4.79 Å². The smallest absolute Gasteiger partial charge is 0.241 e. The van der Waals surface area contributed by atoms with E-state index in [1.165, 1.54) is 5.56 Å². The molecule has 0 saturated carbocycles. The van der Waals surface area contributed by atoms with Gasteiger partial charge in [-0.1, -0.05) is 60.2 Å². The molecule has 5 nitrogen and oxygen atoms in total. The Labute approximate surface area is 179 Å². The van der Waals surface area contributed by atoms with Crippen molar-refractivity contribution in [3.8, 4) is 0 Å². The standard InChI is InChI=1S/C21H28N4O.HI/c1-16-10-12-18(13-11-16)14-22-21(23-15-20(26)25(3)4)24-17(2)19-8-6-5-7-9-19;/h5-13,17H,14-15H2,1-4H3,(H2,22,23,24);1H. The van der Waals surface area contributed by atoms with Crippen molar-refractivity contribution in [2.24, 2.45) is 4.99 Å². The zero-order valence-electron chi connectivity index (χ0n) is 16.4. The fourth-order valence-electron chi connectivity index (χ4n) is 2.36. The summed E-state index contributed by atoms with van der Waals surface area (Å²) in [6, 6.07) is 18.5. The van der Waals surface area contributed by atoms with Crippen LogP contribution < -0.4 is 10.6 Å². The summed E-state index contributed by atoms with van der Waals surface area (Å²) in [7, 11) is 3.49. The molecular weight excluding hydrogens is 451 g/mol. The number of amides is 1. The molecule has 1 unspecified atom stereocenters. The number of rotatable bonds is 6. The molecule has 0 fully saturated rings. The minimum absolute atomic E-state index is 0. The quantitative estimate of drug-likeness (QED) is 0.378. The van der Waals surface area contributed by atoms with Gasteiger partial charge in [0.25, 0.3) is 0 Å². The van der Waals surface area contributed by atoms with Gasteiger partial charge < -0.3 is 15.5 Å². The number of nitrogens with zero attached hydrogens (tertiary/aromatic N) is 2. The van der Waals surface area contributed by atoms with Crippen molar-refractivity contribution in [3.05, 3.63) is 71.3 Å². The molecular formula is C21H29IN4O. The van der Waals surface area contributed by atoms with Crippen LogP contribution in [0.3, 0.4) is 0 Å². The Hall–Kier alpha value is -2.09. The number of benzene rings is 2. The van der Waals surface area contributed by atoms with Crippen LogP contribution in [0.15, 0.2) is 59.6 Å². The molecule has 2 rings (SSSR count). The first kappa shape index (κ1) is 23.0. The molecule has 0 bridgehead atoms. The molecule has 0 aliphatic carbocycles. The van der Waals surface area contributed by atoms with Gasteiger partial charge in [-0.25, -0.2) is 4.99 Å². The normalized spacial score (nSPS) is 11.9. The van der Waals surface area contributed by atoms with Gasteiger partial charge in [0.1, 0.15) is 0 Å². The summed E-state index contributed by atoms with van der Waals surface area (Å²) in [4.78, 5) is 18.1. The summed E-state index contributed by atoms with van der Waals surface area (Å²) in [5.74, 6) is 0.624. The predicted molar refractivity (Wildman–Crippen MR) is 122 cm³/mol. The second-order valence-electron chi connectivity index (χ2n) is 6.57. The molecule has 2 aromatic carbocycles. The number of likely N-dealkylation sites (N-methyl/N-ethyl adjacent to an activating group) is 1. The van der Waals surface area contributed by atoms with Crippen LogP contribution in [0.25, 0.3) is 0 Å². The minimum Gasteiger partial charge on any atom is -0.350 e. The summed E-state index contributed by atoms with van der Waals surface area (Å²) in [5, 5.41) is 6.51. The van der Waals surface area contributed by atoms with Crippen molar-refractivity contribution in [1.29, 1.82) is 0 Å². The van der Waals surface area contributed by atoms with E-state index in [2.05, 4.69) is 65.9 Å². The lowest BCUT2D eigenvalue weighted by Crippen LogP contribution is -2.43. The molecule has 0 saturated heterocycles. The Bertz CT molecular complexity index is 730. The molecule has 0 spiro atoms. The van der Waals surface area contributed by atoms with E-state index in [4.69, 9.17) is 0 Å². The number of carbonyl (C=O) groups is 1. The first-order valence-electron chi connectivity index (χ1n) is 8.81. The van der Waals surface area contributed by atoms with E-state index in [0.29, 0.717) is 12.5 Å². The molecule has 6 heteroatoms. The summed E-state index contributed by atoms with van der Waals surface area (Å²) in [5.41, 5.74) is 3.52. The van der Waals surface area contributed by atoms with Crippen LogP contribution in [0, 0.1) is 6.92 Å². The third-order valence-electron chi connectivity index (χ3n) is 4.10. The molecule has 0 heterocycles. The van der Waals surface area contributed by atoms with E-state index in [-0.39, 0.29) is 42.5 Å². The van der Waals surface area contributed by atoms with E-state index in [0.717, 1.165) is 11.1 Å². The third kappa shape index (κ3) is 7.99. The molecule has 2 aromatic rings.